The minimum atomic E-state index is 0. The standard InChI is InChI=1S/C16H35N3O2S.HI/c1-4-6-11-20-13-14-21-12-10-19-16(17-5-2)18-9-7-8-15-22-3;/h4-15H2,1-3H3,(H2,17,18,19);1H. The fourth-order valence-corrected chi connectivity index (χ4v) is 2.19. The maximum Gasteiger partial charge on any atom is 0.191 e. The van der Waals surface area contributed by atoms with Gasteiger partial charge in [-0.2, -0.15) is 11.8 Å². The molecule has 0 aliphatic carbocycles. The summed E-state index contributed by atoms with van der Waals surface area (Å²) in [7, 11) is 0. The van der Waals surface area contributed by atoms with Crippen LogP contribution in [-0.2, 0) is 9.47 Å². The van der Waals surface area contributed by atoms with Gasteiger partial charge in [0.2, 0.25) is 0 Å². The van der Waals surface area contributed by atoms with Crippen LogP contribution in [0.5, 0.6) is 0 Å². The van der Waals surface area contributed by atoms with E-state index in [1.54, 1.807) is 0 Å². The summed E-state index contributed by atoms with van der Waals surface area (Å²) in [4.78, 5) is 4.56. The molecule has 0 unspecified atom stereocenters. The summed E-state index contributed by atoms with van der Waals surface area (Å²) in [6, 6.07) is 0. The Kier molecular flexibility index (Phi) is 24.7. The van der Waals surface area contributed by atoms with Crippen LogP contribution in [0.1, 0.15) is 39.5 Å². The van der Waals surface area contributed by atoms with Gasteiger partial charge >= 0.3 is 0 Å². The zero-order valence-electron chi connectivity index (χ0n) is 15.1. The molecule has 0 heterocycles. The number of hydrogen-bond acceptors (Lipinski definition) is 4. The summed E-state index contributed by atoms with van der Waals surface area (Å²) in [6.45, 7) is 9.63. The second-order valence-electron chi connectivity index (χ2n) is 4.97. The van der Waals surface area contributed by atoms with Crippen molar-refractivity contribution in [3.63, 3.8) is 0 Å². The number of nitrogens with zero attached hydrogens (tertiary/aromatic N) is 1. The maximum atomic E-state index is 5.53. The highest BCUT2D eigenvalue weighted by Gasteiger charge is 1.96. The van der Waals surface area contributed by atoms with E-state index in [9.17, 15) is 0 Å². The molecule has 0 aliphatic rings. The van der Waals surface area contributed by atoms with Crippen molar-refractivity contribution in [3.05, 3.63) is 0 Å². The zero-order valence-corrected chi connectivity index (χ0v) is 18.2. The van der Waals surface area contributed by atoms with Crippen molar-refractivity contribution in [2.24, 2.45) is 4.99 Å². The van der Waals surface area contributed by atoms with Gasteiger partial charge < -0.3 is 20.1 Å². The highest BCUT2D eigenvalue weighted by Crippen LogP contribution is 1.98. The first-order valence-corrected chi connectivity index (χ1v) is 9.91. The van der Waals surface area contributed by atoms with Gasteiger partial charge in [0, 0.05) is 26.2 Å². The second-order valence-corrected chi connectivity index (χ2v) is 5.95. The summed E-state index contributed by atoms with van der Waals surface area (Å²) in [5, 5.41) is 6.54. The third kappa shape index (κ3) is 20.2. The zero-order chi connectivity index (χ0) is 16.3. The summed E-state index contributed by atoms with van der Waals surface area (Å²) in [5.41, 5.74) is 0. The average molecular weight is 461 g/mol. The number of nitrogens with one attached hydrogen (secondary N) is 2. The second kappa shape index (κ2) is 22.3. The number of thioether (sulfide) groups is 1. The predicted molar refractivity (Wildman–Crippen MR) is 114 cm³/mol. The van der Waals surface area contributed by atoms with E-state index in [1.807, 2.05) is 11.8 Å². The first kappa shape index (κ1) is 25.5. The van der Waals surface area contributed by atoms with E-state index in [2.05, 4.69) is 35.7 Å². The summed E-state index contributed by atoms with van der Waals surface area (Å²) < 4.78 is 11.0. The number of halogens is 1. The molecular weight excluding hydrogens is 425 g/mol. The molecule has 0 rings (SSSR count). The van der Waals surface area contributed by atoms with Gasteiger partial charge in [0.25, 0.3) is 0 Å². The Labute approximate surface area is 164 Å². The van der Waals surface area contributed by atoms with E-state index in [1.165, 1.54) is 18.6 Å². The molecule has 0 aromatic rings. The van der Waals surface area contributed by atoms with Crippen molar-refractivity contribution in [2.75, 3.05) is 58.1 Å². The minimum Gasteiger partial charge on any atom is -0.379 e. The molecule has 0 aromatic carbocycles. The number of guanidine groups is 1. The Morgan fingerprint density at radius 1 is 0.957 bits per heavy atom. The topological polar surface area (TPSA) is 54.9 Å². The Morgan fingerprint density at radius 3 is 2.35 bits per heavy atom. The van der Waals surface area contributed by atoms with Gasteiger partial charge in [0.1, 0.15) is 0 Å². The van der Waals surface area contributed by atoms with E-state index in [0.717, 1.165) is 45.0 Å². The van der Waals surface area contributed by atoms with Crippen LogP contribution in [0.2, 0.25) is 0 Å². The van der Waals surface area contributed by atoms with Crippen molar-refractivity contribution in [3.8, 4) is 0 Å². The van der Waals surface area contributed by atoms with Gasteiger partial charge in [-0.15, -0.1) is 24.0 Å². The van der Waals surface area contributed by atoms with Crippen LogP contribution in [0, 0.1) is 0 Å². The van der Waals surface area contributed by atoms with Crippen molar-refractivity contribution >= 4 is 41.7 Å². The quantitative estimate of drug-likeness (QED) is 0.170. The molecule has 140 valence electrons. The van der Waals surface area contributed by atoms with Crippen LogP contribution in [0.15, 0.2) is 4.99 Å². The van der Waals surface area contributed by atoms with Gasteiger partial charge in [-0.3, -0.25) is 4.99 Å². The highest BCUT2D eigenvalue weighted by molar-refractivity contribution is 14.0. The molecule has 0 aromatic heterocycles. The molecular formula is C16H36IN3O2S. The smallest absolute Gasteiger partial charge is 0.191 e. The fraction of sp³-hybridized carbons (Fsp3) is 0.938. The molecule has 0 spiro atoms. The van der Waals surface area contributed by atoms with Gasteiger partial charge in [0.05, 0.1) is 19.8 Å². The van der Waals surface area contributed by atoms with Crippen LogP contribution in [0.4, 0.5) is 0 Å². The lowest BCUT2D eigenvalue weighted by atomic mass is 10.3. The lowest BCUT2D eigenvalue weighted by molar-refractivity contribution is 0.0487. The lowest BCUT2D eigenvalue weighted by Crippen LogP contribution is -2.39. The summed E-state index contributed by atoms with van der Waals surface area (Å²) in [5.74, 6) is 2.10. The monoisotopic (exact) mass is 461 g/mol. The maximum absolute atomic E-state index is 5.53. The Hall–Kier alpha value is 0.270. The number of hydrogen-bond donors (Lipinski definition) is 2. The van der Waals surface area contributed by atoms with Gasteiger partial charge in [-0.1, -0.05) is 13.3 Å². The molecule has 23 heavy (non-hydrogen) atoms. The molecule has 0 saturated heterocycles. The van der Waals surface area contributed by atoms with E-state index in [-0.39, 0.29) is 24.0 Å². The SMILES string of the molecule is CCCCOCCOCCNC(=NCCCCSC)NCC.I. The van der Waals surface area contributed by atoms with Crippen LogP contribution in [0.25, 0.3) is 0 Å². The lowest BCUT2D eigenvalue weighted by Gasteiger charge is -2.11. The first-order valence-electron chi connectivity index (χ1n) is 8.51. The molecule has 0 amide bonds. The van der Waals surface area contributed by atoms with Crippen LogP contribution in [0.3, 0.4) is 0 Å². The highest BCUT2D eigenvalue weighted by atomic mass is 127. The molecule has 7 heteroatoms. The third-order valence-electron chi connectivity index (χ3n) is 2.92. The van der Waals surface area contributed by atoms with Crippen LogP contribution >= 0.6 is 35.7 Å². The Balaban J connectivity index is 0. The fourth-order valence-electron chi connectivity index (χ4n) is 1.70. The van der Waals surface area contributed by atoms with E-state index < -0.39 is 0 Å². The van der Waals surface area contributed by atoms with E-state index in [4.69, 9.17) is 9.47 Å². The number of unbranched alkanes of at least 4 members (excludes halogenated alkanes) is 2. The normalized spacial score (nSPS) is 11.2. The van der Waals surface area contributed by atoms with Crippen LogP contribution < -0.4 is 10.6 Å². The van der Waals surface area contributed by atoms with Crippen molar-refractivity contribution in [2.45, 2.75) is 39.5 Å². The van der Waals surface area contributed by atoms with Crippen molar-refractivity contribution < 1.29 is 9.47 Å². The molecule has 0 radical (unpaired) electrons. The average Bonchev–Trinajstić information content (AvgIpc) is 2.53. The first-order chi connectivity index (χ1) is 10.8. The van der Waals surface area contributed by atoms with Crippen LogP contribution in [-0.4, -0.2) is 64.0 Å². The van der Waals surface area contributed by atoms with Gasteiger partial charge in [-0.25, -0.2) is 0 Å². The minimum absolute atomic E-state index is 0. The molecule has 0 saturated carbocycles. The largest absolute Gasteiger partial charge is 0.379 e. The molecule has 0 aliphatic heterocycles. The van der Waals surface area contributed by atoms with Crippen molar-refractivity contribution in [1.82, 2.24) is 10.6 Å². The molecule has 0 fully saturated rings. The Bertz CT molecular complexity index is 259. The molecule has 2 N–H and O–H groups in total. The number of aliphatic imine (C=N–C) groups is 1. The molecule has 5 nitrogen and oxygen atoms in total. The molecule has 0 bridgehead atoms. The van der Waals surface area contributed by atoms with E-state index in [0.29, 0.717) is 19.8 Å². The van der Waals surface area contributed by atoms with Crippen molar-refractivity contribution in [1.29, 1.82) is 0 Å². The number of rotatable bonds is 15. The number of ether oxygens (including phenoxy) is 2. The third-order valence-corrected chi connectivity index (χ3v) is 3.62. The van der Waals surface area contributed by atoms with E-state index >= 15 is 0 Å². The molecule has 0 atom stereocenters. The summed E-state index contributed by atoms with van der Waals surface area (Å²) >= 11 is 1.89. The van der Waals surface area contributed by atoms with Gasteiger partial charge in [-0.05, 0) is 38.2 Å². The Morgan fingerprint density at radius 2 is 1.70 bits per heavy atom. The predicted octanol–water partition coefficient (Wildman–Crippen LogP) is 3.14. The summed E-state index contributed by atoms with van der Waals surface area (Å²) in [6.07, 6.45) is 6.81. The van der Waals surface area contributed by atoms with Gasteiger partial charge in [0.15, 0.2) is 5.96 Å².